The van der Waals surface area contributed by atoms with Gasteiger partial charge in [0.1, 0.15) is 5.82 Å². The number of halogens is 3. The van der Waals surface area contributed by atoms with E-state index < -0.39 is 5.82 Å². The standard InChI is InChI=1S/C19H19Cl2FN2O2/c1-13(25)24(10-8-14-2-4-15(20)5-3-14)11-9-19(26)23-16-6-7-18(22)17(21)12-16/h2-7,12H,8-11H2,1H3,(H,23,26). The van der Waals surface area contributed by atoms with Crippen LogP contribution in [-0.4, -0.2) is 29.8 Å². The van der Waals surface area contributed by atoms with Gasteiger partial charge in [0.05, 0.1) is 5.02 Å². The Morgan fingerprint density at radius 1 is 1.08 bits per heavy atom. The first-order valence-electron chi connectivity index (χ1n) is 8.10. The molecule has 0 atom stereocenters. The number of carbonyl (C=O) groups excluding carboxylic acids is 2. The second-order valence-corrected chi connectivity index (χ2v) is 6.65. The molecule has 2 aromatic carbocycles. The normalized spacial score (nSPS) is 10.5. The summed E-state index contributed by atoms with van der Waals surface area (Å²) < 4.78 is 13.1. The molecule has 2 rings (SSSR count). The van der Waals surface area contributed by atoms with E-state index in [1.54, 1.807) is 17.0 Å². The SMILES string of the molecule is CC(=O)N(CCC(=O)Nc1ccc(F)c(Cl)c1)CCc1ccc(Cl)cc1. The van der Waals surface area contributed by atoms with Crippen molar-refractivity contribution in [3.8, 4) is 0 Å². The van der Waals surface area contributed by atoms with Crippen LogP contribution in [0.25, 0.3) is 0 Å². The molecule has 0 fully saturated rings. The van der Waals surface area contributed by atoms with E-state index in [2.05, 4.69) is 5.32 Å². The zero-order valence-electron chi connectivity index (χ0n) is 14.3. The molecule has 0 aliphatic heterocycles. The Labute approximate surface area is 161 Å². The number of anilines is 1. The lowest BCUT2D eigenvalue weighted by Crippen LogP contribution is -2.33. The maximum absolute atomic E-state index is 13.1. The summed E-state index contributed by atoms with van der Waals surface area (Å²) in [4.78, 5) is 25.5. The fourth-order valence-corrected chi connectivity index (χ4v) is 2.68. The highest BCUT2D eigenvalue weighted by atomic mass is 35.5. The van der Waals surface area contributed by atoms with Crippen molar-refractivity contribution < 1.29 is 14.0 Å². The Bertz CT molecular complexity index is 782. The predicted molar refractivity (Wildman–Crippen MR) is 102 cm³/mol. The van der Waals surface area contributed by atoms with Crippen molar-refractivity contribution in [3.05, 3.63) is 63.9 Å². The minimum Gasteiger partial charge on any atom is -0.342 e. The summed E-state index contributed by atoms with van der Waals surface area (Å²) in [5, 5.41) is 3.24. The van der Waals surface area contributed by atoms with Gasteiger partial charge in [-0.05, 0) is 42.3 Å². The number of amides is 2. The molecule has 7 heteroatoms. The Kier molecular flexibility index (Phi) is 7.42. The van der Waals surface area contributed by atoms with E-state index >= 15 is 0 Å². The molecule has 0 spiro atoms. The average Bonchev–Trinajstić information content (AvgIpc) is 2.59. The van der Waals surface area contributed by atoms with Crippen LogP contribution in [-0.2, 0) is 16.0 Å². The van der Waals surface area contributed by atoms with Crippen molar-refractivity contribution in [3.63, 3.8) is 0 Å². The molecule has 4 nitrogen and oxygen atoms in total. The second-order valence-electron chi connectivity index (χ2n) is 5.81. The zero-order valence-corrected chi connectivity index (χ0v) is 15.8. The summed E-state index contributed by atoms with van der Waals surface area (Å²) in [6, 6.07) is 11.4. The quantitative estimate of drug-likeness (QED) is 0.745. The van der Waals surface area contributed by atoms with E-state index in [-0.39, 0.29) is 23.3 Å². The van der Waals surface area contributed by atoms with E-state index in [0.717, 1.165) is 5.56 Å². The van der Waals surface area contributed by atoms with Gasteiger partial charge in [0.25, 0.3) is 0 Å². The Balaban J connectivity index is 1.84. The minimum absolute atomic E-state index is 0.0591. The van der Waals surface area contributed by atoms with Crippen molar-refractivity contribution in [1.82, 2.24) is 4.90 Å². The van der Waals surface area contributed by atoms with E-state index in [1.165, 1.54) is 25.1 Å². The highest BCUT2D eigenvalue weighted by molar-refractivity contribution is 6.31. The molecule has 0 unspecified atom stereocenters. The number of benzene rings is 2. The van der Waals surface area contributed by atoms with Gasteiger partial charge in [0.15, 0.2) is 0 Å². The van der Waals surface area contributed by atoms with Gasteiger partial charge in [-0.3, -0.25) is 9.59 Å². The molecule has 0 aromatic heterocycles. The van der Waals surface area contributed by atoms with Gasteiger partial charge in [0, 0.05) is 37.1 Å². The molecule has 138 valence electrons. The Morgan fingerprint density at radius 2 is 1.77 bits per heavy atom. The van der Waals surface area contributed by atoms with E-state index in [4.69, 9.17) is 23.2 Å². The first kappa shape index (κ1) is 20.2. The van der Waals surface area contributed by atoms with Crippen LogP contribution in [0.4, 0.5) is 10.1 Å². The number of rotatable bonds is 7. The smallest absolute Gasteiger partial charge is 0.226 e. The average molecular weight is 397 g/mol. The highest BCUT2D eigenvalue weighted by Crippen LogP contribution is 2.19. The maximum Gasteiger partial charge on any atom is 0.226 e. The topological polar surface area (TPSA) is 49.4 Å². The molecule has 2 aromatic rings. The number of nitrogens with one attached hydrogen (secondary N) is 1. The van der Waals surface area contributed by atoms with E-state index in [1.807, 2.05) is 12.1 Å². The lowest BCUT2D eigenvalue weighted by molar-refractivity contribution is -0.129. The van der Waals surface area contributed by atoms with Gasteiger partial charge < -0.3 is 10.2 Å². The van der Waals surface area contributed by atoms with Crippen LogP contribution in [0.3, 0.4) is 0 Å². The maximum atomic E-state index is 13.1. The van der Waals surface area contributed by atoms with Gasteiger partial charge >= 0.3 is 0 Å². The van der Waals surface area contributed by atoms with Crippen molar-refractivity contribution in [2.24, 2.45) is 0 Å². The molecule has 0 aliphatic rings. The minimum atomic E-state index is -0.547. The zero-order chi connectivity index (χ0) is 19.1. The number of nitrogens with zero attached hydrogens (tertiary/aromatic N) is 1. The monoisotopic (exact) mass is 396 g/mol. The van der Waals surface area contributed by atoms with Crippen LogP contribution >= 0.6 is 23.2 Å². The highest BCUT2D eigenvalue weighted by Gasteiger charge is 2.12. The molecule has 0 saturated heterocycles. The first-order chi connectivity index (χ1) is 12.3. The summed E-state index contributed by atoms with van der Waals surface area (Å²) in [5.74, 6) is -0.920. The third-order valence-corrected chi connectivity index (χ3v) is 4.38. The largest absolute Gasteiger partial charge is 0.342 e. The molecule has 1 N–H and O–H groups in total. The molecule has 26 heavy (non-hydrogen) atoms. The molecular weight excluding hydrogens is 378 g/mol. The van der Waals surface area contributed by atoms with Crippen molar-refractivity contribution >= 4 is 40.7 Å². The molecule has 2 amide bonds. The van der Waals surface area contributed by atoms with Crippen LogP contribution in [0.5, 0.6) is 0 Å². The molecule has 0 radical (unpaired) electrons. The van der Waals surface area contributed by atoms with Crippen LogP contribution in [0.2, 0.25) is 10.0 Å². The summed E-state index contributed by atoms with van der Waals surface area (Å²) in [6.07, 6.45) is 0.807. The second kappa shape index (κ2) is 9.55. The van der Waals surface area contributed by atoms with Crippen molar-refractivity contribution in [2.75, 3.05) is 18.4 Å². The fourth-order valence-electron chi connectivity index (χ4n) is 2.38. The van der Waals surface area contributed by atoms with Gasteiger partial charge in [-0.1, -0.05) is 35.3 Å². The van der Waals surface area contributed by atoms with Gasteiger partial charge in [0.2, 0.25) is 11.8 Å². The van der Waals surface area contributed by atoms with Crippen LogP contribution in [0, 0.1) is 5.82 Å². The predicted octanol–water partition coefficient (Wildman–Crippen LogP) is 4.55. The molecule has 0 aliphatic carbocycles. The summed E-state index contributed by atoms with van der Waals surface area (Å²) >= 11 is 11.5. The first-order valence-corrected chi connectivity index (χ1v) is 8.85. The van der Waals surface area contributed by atoms with Crippen LogP contribution < -0.4 is 5.32 Å². The molecular formula is C19H19Cl2FN2O2. The fraction of sp³-hybridized carbons (Fsp3) is 0.263. The van der Waals surface area contributed by atoms with E-state index in [9.17, 15) is 14.0 Å². The van der Waals surface area contributed by atoms with E-state index in [0.29, 0.717) is 30.2 Å². The number of hydrogen-bond donors (Lipinski definition) is 1. The lowest BCUT2D eigenvalue weighted by atomic mass is 10.1. The third-order valence-electron chi connectivity index (χ3n) is 3.84. The van der Waals surface area contributed by atoms with Gasteiger partial charge in [-0.2, -0.15) is 0 Å². The number of hydrogen-bond acceptors (Lipinski definition) is 2. The van der Waals surface area contributed by atoms with Gasteiger partial charge in [-0.15, -0.1) is 0 Å². The molecule has 0 saturated carbocycles. The summed E-state index contributed by atoms with van der Waals surface area (Å²) in [7, 11) is 0. The number of carbonyl (C=O) groups is 2. The summed E-state index contributed by atoms with van der Waals surface area (Å²) in [5.41, 5.74) is 1.47. The van der Waals surface area contributed by atoms with Crippen molar-refractivity contribution in [1.29, 1.82) is 0 Å². The Hall–Kier alpha value is -2.11. The van der Waals surface area contributed by atoms with Gasteiger partial charge in [-0.25, -0.2) is 4.39 Å². The molecule has 0 bridgehead atoms. The lowest BCUT2D eigenvalue weighted by Gasteiger charge is -2.21. The molecule has 0 heterocycles. The van der Waals surface area contributed by atoms with Crippen LogP contribution in [0.1, 0.15) is 18.9 Å². The summed E-state index contributed by atoms with van der Waals surface area (Å²) in [6.45, 7) is 2.27. The van der Waals surface area contributed by atoms with Crippen molar-refractivity contribution in [2.45, 2.75) is 19.8 Å². The van der Waals surface area contributed by atoms with Crippen LogP contribution in [0.15, 0.2) is 42.5 Å². The third kappa shape index (κ3) is 6.32. The Morgan fingerprint density at radius 3 is 2.38 bits per heavy atom.